The maximum atomic E-state index is 4.39. The molecule has 0 saturated heterocycles. The SMILES string of the molecule is CCNCc1cn(-c2cc(Br)ccc2C)cn1. The van der Waals surface area contributed by atoms with Crippen molar-refractivity contribution in [2.75, 3.05) is 6.54 Å². The first-order valence-corrected chi connectivity index (χ1v) is 6.50. The lowest BCUT2D eigenvalue weighted by Crippen LogP contribution is -2.11. The fourth-order valence-corrected chi connectivity index (χ4v) is 2.05. The van der Waals surface area contributed by atoms with Gasteiger partial charge in [0.15, 0.2) is 0 Å². The van der Waals surface area contributed by atoms with Gasteiger partial charge in [-0.15, -0.1) is 0 Å². The van der Waals surface area contributed by atoms with Gasteiger partial charge in [0.25, 0.3) is 0 Å². The molecule has 0 unspecified atom stereocenters. The molecule has 0 aliphatic rings. The number of halogens is 1. The van der Waals surface area contributed by atoms with E-state index in [2.05, 4.69) is 69.0 Å². The fourth-order valence-electron chi connectivity index (χ4n) is 1.70. The molecule has 1 aromatic carbocycles. The Morgan fingerprint density at radius 3 is 3.00 bits per heavy atom. The number of nitrogens with zero attached hydrogens (tertiary/aromatic N) is 2. The second-order valence-electron chi connectivity index (χ2n) is 3.98. The van der Waals surface area contributed by atoms with E-state index in [1.807, 2.05) is 6.33 Å². The monoisotopic (exact) mass is 293 g/mol. The summed E-state index contributed by atoms with van der Waals surface area (Å²) in [5, 5.41) is 3.27. The molecule has 0 aliphatic heterocycles. The zero-order valence-corrected chi connectivity index (χ0v) is 11.7. The topological polar surface area (TPSA) is 29.9 Å². The van der Waals surface area contributed by atoms with Gasteiger partial charge in [0.2, 0.25) is 0 Å². The third kappa shape index (κ3) is 2.96. The summed E-state index contributed by atoms with van der Waals surface area (Å²) in [5.41, 5.74) is 3.46. The highest BCUT2D eigenvalue weighted by Crippen LogP contribution is 2.19. The summed E-state index contributed by atoms with van der Waals surface area (Å²) >= 11 is 3.50. The Hall–Kier alpha value is -1.13. The molecule has 90 valence electrons. The van der Waals surface area contributed by atoms with Gasteiger partial charge in [-0.2, -0.15) is 0 Å². The quantitative estimate of drug-likeness (QED) is 0.939. The minimum atomic E-state index is 0.816. The molecule has 3 nitrogen and oxygen atoms in total. The fraction of sp³-hybridized carbons (Fsp3) is 0.308. The normalized spacial score (nSPS) is 10.8. The van der Waals surface area contributed by atoms with E-state index in [1.165, 1.54) is 5.56 Å². The van der Waals surface area contributed by atoms with Crippen LogP contribution < -0.4 is 5.32 Å². The van der Waals surface area contributed by atoms with E-state index in [-0.39, 0.29) is 0 Å². The Labute approximate surface area is 110 Å². The number of benzene rings is 1. The van der Waals surface area contributed by atoms with Crippen LogP contribution in [0, 0.1) is 6.92 Å². The smallest absolute Gasteiger partial charge is 0.0995 e. The Balaban J connectivity index is 2.27. The third-order valence-corrected chi connectivity index (χ3v) is 3.13. The number of imidazole rings is 1. The van der Waals surface area contributed by atoms with Crippen molar-refractivity contribution in [1.29, 1.82) is 0 Å². The van der Waals surface area contributed by atoms with Crippen molar-refractivity contribution < 1.29 is 0 Å². The van der Waals surface area contributed by atoms with Gasteiger partial charge in [-0.05, 0) is 31.2 Å². The minimum Gasteiger partial charge on any atom is -0.311 e. The number of hydrogen-bond acceptors (Lipinski definition) is 2. The summed E-state index contributed by atoms with van der Waals surface area (Å²) in [5.74, 6) is 0. The van der Waals surface area contributed by atoms with E-state index in [0.29, 0.717) is 0 Å². The van der Waals surface area contributed by atoms with Crippen molar-refractivity contribution in [3.8, 4) is 5.69 Å². The first-order valence-electron chi connectivity index (χ1n) is 5.71. The molecule has 0 fully saturated rings. The number of hydrogen-bond donors (Lipinski definition) is 1. The lowest BCUT2D eigenvalue weighted by molar-refractivity contribution is 0.713. The molecule has 0 bridgehead atoms. The van der Waals surface area contributed by atoms with Gasteiger partial charge in [-0.3, -0.25) is 0 Å². The lowest BCUT2D eigenvalue weighted by Gasteiger charge is -2.06. The second-order valence-corrected chi connectivity index (χ2v) is 4.90. The Bertz CT molecular complexity index is 505. The van der Waals surface area contributed by atoms with E-state index in [1.54, 1.807) is 0 Å². The van der Waals surface area contributed by atoms with Gasteiger partial charge < -0.3 is 9.88 Å². The zero-order chi connectivity index (χ0) is 12.3. The van der Waals surface area contributed by atoms with Crippen LogP contribution in [0.2, 0.25) is 0 Å². The molecular formula is C13H16BrN3. The predicted octanol–water partition coefficient (Wildman–Crippen LogP) is 3.05. The summed E-state index contributed by atoms with van der Waals surface area (Å²) in [7, 11) is 0. The number of rotatable bonds is 4. The zero-order valence-electron chi connectivity index (χ0n) is 10.1. The third-order valence-electron chi connectivity index (χ3n) is 2.64. The van der Waals surface area contributed by atoms with Crippen LogP contribution >= 0.6 is 15.9 Å². The molecule has 1 N–H and O–H groups in total. The molecule has 1 aromatic heterocycles. The summed E-state index contributed by atoms with van der Waals surface area (Å²) < 4.78 is 3.15. The average Bonchev–Trinajstić information content (AvgIpc) is 2.78. The minimum absolute atomic E-state index is 0.816. The van der Waals surface area contributed by atoms with Crippen LogP contribution in [0.4, 0.5) is 0 Å². The van der Waals surface area contributed by atoms with Crippen molar-refractivity contribution in [2.45, 2.75) is 20.4 Å². The Morgan fingerprint density at radius 1 is 1.41 bits per heavy atom. The van der Waals surface area contributed by atoms with Crippen molar-refractivity contribution in [3.05, 3.63) is 46.5 Å². The molecule has 17 heavy (non-hydrogen) atoms. The lowest BCUT2D eigenvalue weighted by atomic mass is 10.2. The maximum absolute atomic E-state index is 4.39. The van der Waals surface area contributed by atoms with Crippen LogP contribution in [-0.4, -0.2) is 16.1 Å². The van der Waals surface area contributed by atoms with Crippen LogP contribution in [0.5, 0.6) is 0 Å². The molecule has 0 saturated carbocycles. The summed E-state index contributed by atoms with van der Waals surface area (Å²) in [6.45, 7) is 5.97. The molecule has 2 rings (SSSR count). The maximum Gasteiger partial charge on any atom is 0.0995 e. The van der Waals surface area contributed by atoms with Crippen LogP contribution in [0.15, 0.2) is 35.2 Å². The van der Waals surface area contributed by atoms with E-state index in [9.17, 15) is 0 Å². The molecule has 0 amide bonds. The van der Waals surface area contributed by atoms with Crippen LogP contribution in [0.1, 0.15) is 18.2 Å². The van der Waals surface area contributed by atoms with Crippen molar-refractivity contribution in [2.24, 2.45) is 0 Å². The number of aryl methyl sites for hydroxylation is 1. The standard InChI is InChI=1S/C13H16BrN3/c1-3-15-7-12-8-17(9-16-12)13-6-11(14)5-4-10(13)2/h4-6,8-9,15H,3,7H2,1-2H3. The largest absolute Gasteiger partial charge is 0.311 e. The van der Waals surface area contributed by atoms with Crippen LogP contribution in [-0.2, 0) is 6.54 Å². The average molecular weight is 294 g/mol. The van der Waals surface area contributed by atoms with Gasteiger partial charge in [0.05, 0.1) is 17.7 Å². The molecule has 2 aromatic rings. The number of aromatic nitrogens is 2. The molecular weight excluding hydrogens is 278 g/mol. The molecule has 4 heteroatoms. The summed E-state index contributed by atoms with van der Waals surface area (Å²) in [6.07, 6.45) is 3.93. The summed E-state index contributed by atoms with van der Waals surface area (Å²) in [4.78, 5) is 4.39. The van der Waals surface area contributed by atoms with Crippen molar-refractivity contribution in [3.63, 3.8) is 0 Å². The van der Waals surface area contributed by atoms with Gasteiger partial charge >= 0.3 is 0 Å². The highest BCUT2D eigenvalue weighted by Gasteiger charge is 2.04. The highest BCUT2D eigenvalue weighted by molar-refractivity contribution is 9.10. The molecule has 0 aliphatic carbocycles. The Morgan fingerprint density at radius 2 is 2.24 bits per heavy atom. The second kappa shape index (κ2) is 5.47. The molecule has 0 radical (unpaired) electrons. The molecule has 0 atom stereocenters. The summed E-state index contributed by atoms with van der Waals surface area (Å²) in [6, 6.07) is 6.26. The number of nitrogens with one attached hydrogen (secondary N) is 1. The Kier molecular flexibility index (Phi) is 3.97. The highest BCUT2D eigenvalue weighted by atomic mass is 79.9. The van der Waals surface area contributed by atoms with E-state index >= 15 is 0 Å². The van der Waals surface area contributed by atoms with Crippen molar-refractivity contribution >= 4 is 15.9 Å². The van der Waals surface area contributed by atoms with Crippen molar-refractivity contribution in [1.82, 2.24) is 14.9 Å². The van der Waals surface area contributed by atoms with Gasteiger partial charge in [0.1, 0.15) is 0 Å². The van der Waals surface area contributed by atoms with Crippen LogP contribution in [0.25, 0.3) is 5.69 Å². The van der Waals surface area contributed by atoms with E-state index in [0.717, 1.165) is 28.9 Å². The van der Waals surface area contributed by atoms with Gasteiger partial charge in [-0.1, -0.05) is 28.9 Å². The predicted molar refractivity (Wildman–Crippen MR) is 73.4 cm³/mol. The molecule has 0 spiro atoms. The van der Waals surface area contributed by atoms with Gasteiger partial charge in [0, 0.05) is 17.2 Å². The van der Waals surface area contributed by atoms with Gasteiger partial charge in [-0.25, -0.2) is 4.98 Å². The van der Waals surface area contributed by atoms with E-state index < -0.39 is 0 Å². The van der Waals surface area contributed by atoms with Crippen LogP contribution in [0.3, 0.4) is 0 Å². The first-order chi connectivity index (χ1) is 8.20. The van der Waals surface area contributed by atoms with E-state index in [4.69, 9.17) is 0 Å². The first kappa shape index (κ1) is 12.3. The molecule has 1 heterocycles.